The summed E-state index contributed by atoms with van der Waals surface area (Å²) in [5, 5.41) is 9.50. The Morgan fingerprint density at radius 3 is 3.10 bits per heavy atom. The second-order valence-electron chi connectivity index (χ2n) is 4.41. The molecule has 0 bridgehead atoms. The van der Waals surface area contributed by atoms with E-state index in [9.17, 15) is 4.79 Å². The molecular weight excluding hydrogens is 288 g/mol. The first-order valence-electron chi connectivity index (χ1n) is 6.48. The van der Waals surface area contributed by atoms with Gasteiger partial charge in [0.25, 0.3) is 0 Å². The summed E-state index contributed by atoms with van der Waals surface area (Å²) in [6.07, 6.45) is 5.41. The summed E-state index contributed by atoms with van der Waals surface area (Å²) >= 11 is 1.38. The number of rotatable bonds is 7. The van der Waals surface area contributed by atoms with Gasteiger partial charge in [0.05, 0.1) is 31.1 Å². The van der Waals surface area contributed by atoms with Crippen LogP contribution in [-0.2, 0) is 18.4 Å². The molecule has 6 nitrogen and oxygen atoms in total. The lowest BCUT2D eigenvalue weighted by atomic mass is 10.3. The minimum Gasteiger partial charge on any atom is -0.467 e. The SMILES string of the molecule is Cn1ccnc1SCC(=O)N(CCC#N)Cc1ccco1. The molecule has 0 atom stereocenters. The molecule has 0 aliphatic carbocycles. The molecule has 0 saturated carbocycles. The zero-order valence-corrected chi connectivity index (χ0v) is 12.5. The van der Waals surface area contributed by atoms with Crippen molar-refractivity contribution in [3.63, 3.8) is 0 Å². The molecule has 0 aromatic carbocycles. The third kappa shape index (κ3) is 4.39. The molecule has 0 spiro atoms. The zero-order chi connectivity index (χ0) is 15.1. The van der Waals surface area contributed by atoms with Crippen molar-refractivity contribution in [2.45, 2.75) is 18.1 Å². The van der Waals surface area contributed by atoms with Crippen LogP contribution in [0.1, 0.15) is 12.2 Å². The number of amides is 1. The van der Waals surface area contributed by atoms with E-state index in [1.165, 1.54) is 11.8 Å². The van der Waals surface area contributed by atoms with Gasteiger partial charge in [-0.15, -0.1) is 0 Å². The third-order valence-electron chi connectivity index (χ3n) is 2.87. The van der Waals surface area contributed by atoms with Crippen LogP contribution in [0.15, 0.2) is 40.4 Å². The molecule has 1 amide bonds. The number of aryl methyl sites for hydroxylation is 1. The van der Waals surface area contributed by atoms with Gasteiger partial charge in [0, 0.05) is 26.0 Å². The van der Waals surface area contributed by atoms with E-state index in [1.54, 1.807) is 23.4 Å². The Hall–Kier alpha value is -2.20. The molecule has 2 aromatic rings. The van der Waals surface area contributed by atoms with Crippen molar-refractivity contribution in [1.82, 2.24) is 14.5 Å². The highest BCUT2D eigenvalue weighted by Gasteiger charge is 2.16. The number of furan rings is 1. The summed E-state index contributed by atoms with van der Waals surface area (Å²) in [5.41, 5.74) is 0. The molecule has 2 heterocycles. The fourth-order valence-corrected chi connectivity index (χ4v) is 2.61. The zero-order valence-electron chi connectivity index (χ0n) is 11.7. The van der Waals surface area contributed by atoms with E-state index in [0.717, 1.165) is 5.16 Å². The number of nitriles is 1. The van der Waals surface area contributed by atoms with Crippen molar-refractivity contribution >= 4 is 17.7 Å². The number of hydrogen-bond donors (Lipinski definition) is 0. The molecule has 110 valence electrons. The number of carbonyl (C=O) groups excluding carboxylic acids is 1. The van der Waals surface area contributed by atoms with Crippen molar-refractivity contribution in [2.75, 3.05) is 12.3 Å². The van der Waals surface area contributed by atoms with E-state index in [0.29, 0.717) is 25.3 Å². The van der Waals surface area contributed by atoms with Crippen LogP contribution in [0.3, 0.4) is 0 Å². The average Bonchev–Trinajstić information content (AvgIpc) is 3.12. The van der Waals surface area contributed by atoms with Crippen molar-refractivity contribution in [3.8, 4) is 6.07 Å². The van der Waals surface area contributed by atoms with Gasteiger partial charge < -0.3 is 13.9 Å². The smallest absolute Gasteiger partial charge is 0.233 e. The van der Waals surface area contributed by atoms with Crippen LogP contribution in [0.2, 0.25) is 0 Å². The molecule has 0 N–H and O–H groups in total. The van der Waals surface area contributed by atoms with Crippen molar-refractivity contribution in [3.05, 3.63) is 36.5 Å². The summed E-state index contributed by atoms with van der Waals surface area (Å²) in [5.74, 6) is 0.967. The predicted octanol–water partition coefficient (Wildman–Crippen LogP) is 2.05. The van der Waals surface area contributed by atoms with Gasteiger partial charge in [0.2, 0.25) is 5.91 Å². The van der Waals surface area contributed by atoms with Crippen LogP contribution in [0.5, 0.6) is 0 Å². The van der Waals surface area contributed by atoms with Gasteiger partial charge in [0.15, 0.2) is 5.16 Å². The Kier molecular flexibility index (Phi) is 5.46. The van der Waals surface area contributed by atoms with Crippen LogP contribution in [0.4, 0.5) is 0 Å². The van der Waals surface area contributed by atoms with Gasteiger partial charge in [-0.2, -0.15) is 5.26 Å². The molecule has 0 unspecified atom stereocenters. The third-order valence-corrected chi connectivity index (χ3v) is 3.92. The summed E-state index contributed by atoms with van der Waals surface area (Å²) < 4.78 is 7.13. The minimum atomic E-state index is -0.0327. The maximum absolute atomic E-state index is 12.3. The molecule has 0 aliphatic heterocycles. The lowest BCUT2D eigenvalue weighted by Crippen LogP contribution is -2.32. The Bertz CT molecular complexity index is 615. The summed E-state index contributed by atoms with van der Waals surface area (Å²) in [7, 11) is 1.89. The second kappa shape index (κ2) is 7.55. The largest absolute Gasteiger partial charge is 0.467 e. The monoisotopic (exact) mass is 304 g/mol. The molecule has 2 aromatic heterocycles. The second-order valence-corrected chi connectivity index (χ2v) is 5.35. The van der Waals surface area contributed by atoms with Gasteiger partial charge in [-0.25, -0.2) is 4.98 Å². The highest BCUT2D eigenvalue weighted by atomic mass is 32.2. The highest BCUT2D eigenvalue weighted by Crippen LogP contribution is 2.16. The predicted molar refractivity (Wildman–Crippen MR) is 78.3 cm³/mol. The average molecular weight is 304 g/mol. The van der Waals surface area contributed by atoms with E-state index in [1.807, 2.05) is 23.9 Å². The Labute approximate surface area is 127 Å². The van der Waals surface area contributed by atoms with E-state index in [2.05, 4.69) is 11.1 Å². The first-order chi connectivity index (χ1) is 10.2. The van der Waals surface area contributed by atoms with Gasteiger partial charge >= 0.3 is 0 Å². The molecule has 0 fully saturated rings. The van der Waals surface area contributed by atoms with Crippen LogP contribution in [0.25, 0.3) is 0 Å². The number of nitrogens with zero attached hydrogens (tertiary/aromatic N) is 4. The maximum Gasteiger partial charge on any atom is 0.233 e. The summed E-state index contributed by atoms with van der Waals surface area (Å²) in [4.78, 5) is 18.1. The maximum atomic E-state index is 12.3. The van der Waals surface area contributed by atoms with Gasteiger partial charge in [-0.1, -0.05) is 11.8 Å². The van der Waals surface area contributed by atoms with Crippen LogP contribution in [-0.4, -0.2) is 32.7 Å². The normalized spacial score (nSPS) is 10.3. The Balaban J connectivity index is 1.93. The molecule has 0 saturated heterocycles. The summed E-state index contributed by atoms with van der Waals surface area (Å²) in [6.45, 7) is 0.784. The number of imidazole rings is 1. The van der Waals surface area contributed by atoms with Crippen LogP contribution >= 0.6 is 11.8 Å². The molecule has 21 heavy (non-hydrogen) atoms. The van der Waals surface area contributed by atoms with Gasteiger partial charge in [0.1, 0.15) is 5.76 Å². The highest BCUT2D eigenvalue weighted by molar-refractivity contribution is 7.99. The quantitative estimate of drug-likeness (QED) is 0.732. The van der Waals surface area contributed by atoms with E-state index in [-0.39, 0.29) is 11.7 Å². The molecule has 0 radical (unpaired) electrons. The molecular formula is C14H16N4O2S. The van der Waals surface area contributed by atoms with Crippen molar-refractivity contribution < 1.29 is 9.21 Å². The fraction of sp³-hybridized carbons (Fsp3) is 0.357. The number of thioether (sulfide) groups is 1. The summed E-state index contributed by atoms with van der Waals surface area (Å²) in [6, 6.07) is 5.66. The Morgan fingerprint density at radius 2 is 2.48 bits per heavy atom. The van der Waals surface area contributed by atoms with Gasteiger partial charge in [-0.3, -0.25) is 4.79 Å². The number of carbonyl (C=O) groups is 1. The van der Waals surface area contributed by atoms with E-state index < -0.39 is 0 Å². The van der Waals surface area contributed by atoms with Crippen molar-refractivity contribution in [1.29, 1.82) is 5.26 Å². The number of hydrogen-bond acceptors (Lipinski definition) is 5. The first-order valence-corrected chi connectivity index (χ1v) is 7.46. The lowest BCUT2D eigenvalue weighted by Gasteiger charge is -2.20. The fourth-order valence-electron chi connectivity index (χ4n) is 1.78. The standard InChI is InChI=1S/C14H16N4O2S/c1-17-8-6-16-14(17)21-11-13(19)18(7-3-5-15)10-12-4-2-9-20-12/h2,4,6,8-9H,3,7,10-11H2,1H3. The molecule has 0 aliphatic rings. The lowest BCUT2D eigenvalue weighted by molar-refractivity contribution is -0.129. The molecule has 2 rings (SSSR count). The first kappa shape index (κ1) is 15.2. The van der Waals surface area contributed by atoms with Crippen LogP contribution in [0, 0.1) is 11.3 Å². The van der Waals surface area contributed by atoms with E-state index in [4.69, 9.17) is 9.68 Å². The minimum absolute atomic E-state index is 0.0327. The van der Waals surface area contributed by atoms with E-state index >= 15 is 0 Å². The van der Waals surface area contributed by atoms with Crippen molar-refractivity contribution in [2.24, 2.45) is 7.05 Å². The number of aromatic nitrogens is 2. The topological polar surface area (TPSA) is 75.1 Å². The van der Waals surface area contributed by atoms with Crippen LogP contribution < -0.4 is 0 Å². The Morgan fingerprint density at radius 1 is 1.62 bits per heavy atom. The molecule has 7 heteroatoms. The van der Waals surface area contributed by atoms with Gasteiger partial charge in [-0.05, 0) is 12.1 Å².